The van der Waals surface area contributed by atoms with E-state index in [1.54, 1.807) is 6.07 Å². The van der Waals surface area contributed by atoms with E-state index in [0.717, 1.165) is 0 Å². The minimum atomic E-state index is -0.262. The molecule has 1 saturated carbocycles. The molecule has 21 heavy (non-hydrogen) atoms. The number of aromatic nitrogens is 3. The molecule has 0 aromatic carbocycles. The molecule has 0 bridgehead atoms. The molecule has 112 valence electrons. The van der Waals surface area contributed by atoms with Crippen molar-refractivity contribution in [2.75, 3.05) is 13.9 Å². The van der Waals surface area contributed by atoms with E-state index in [9.17, 15) is 5.11 Å². The third-order valence-electron chi connectivity index (χ3n) is 3.05. The summed E-state index contributed by atoms with van der Waals surface area (Å²) in [7, 11) is 1.52. The zero-order valence-electron chi connectivity index (χ0n) is 11.4. The molecule has 0 aliphatic heterocycles. The van der Waals surface area contributed by atoms with E-state index in [1.165, 1.54) is 19.5 Å². The van der Waals surface area contributed by atoms with Crippen LogP contribution in [0.4, 0.5) is 0 Å². The maximum atomic E-state index is 9.20. The monoisotopic (exact) mass is 293 g/mol. The average molecular weight is 293 g/mol. The highest BCUT2D eigenvalue weighted by molar-refractivity contribution is 5.51. The molecule has 8 nitrogen and oxygen atoms in total. The van der Waals surface area contributed by atoms with Crippen LogP contribution in [0.1, 0.15) is 12.8 Å². The molecular weight excluding hydrogens is 278 g/mol. The smallest absolute Gasteiger partial charge is 0.256 e. The van der Waals surface area contributed by atoms with Gasteiger partial charge in [0.2, 0.25) is 5.88 Å². The van der Waals surface area contributed by atoms with Crippen LogP contribution in [0.2, 0.25) is 0 Å². The van der Waals surface area contributed by atoms with Gasteiger partial charge in [-0.1, -0.05) is 0 Å². The summed E-state index contributed by atoms with van der Waals surface area (Å²) < 4.78 is 20.6. The van der Waals surface area contributed by atoms with E-state index in [0.29, 0.717) is 36.1 Å². The number of ether oxygens (including phenoxy) is 3. The average Bonchev–Trinajstić information content (AvgIpc) is 2.93. The first kappa shape index (κ1) is 13.8. The Bertz CT molecular complexity index is 580. The molecule has 1 aliphatic rings. The van der Waals surface area contributed by atoms with Crippen LogP contribution in [-0.4, -0.2) is 46.3 Å². The molecular formula is C13H15N3O5. The number of aliphatic hydroxyl groups is 1. The van der Waals surface area contributed by atoms with Crippen molar-refractivity contribution in [1.29, 1.82) is 0 Å². The molecule has 3 rings (SSSR count). The van der Waals surface area contributed by atoms with Gasteiger partial charge in [-0.25, -0.2) is 9.97 Å². The minimum Gasteiger partial charge on any atom is -0.473 e. The molecule has 1 aliphatic carbocycles. The van der Waals surface area contributed by atoms with Crippen molar-refractivity contribution in [3.05, 3.63) is 18.5 Å². The van der Waals surface area contributed by atoms with E-state index in [1.807, 2.05) is 0 Å². The van der Waals surface area contributed by atoms with Crippen LogP contribution in [0.3, 0.4) is 0 Å². The highest BCUT2D eigenvalue weighted by Crippen LogP contribution is 2.26. The van der Waals surface area contributed by atoms with Gasteiger partial charge in [0.25, 0.3) is 5.88 Å². The molecule has 2 aromatic rings. The van der Waals surface area contributed by atoms with Crippen LogP contribution in [0.15, 0.2) is 23.0 Å². The third-order valence-corrected chi connectivity index (χ3v) is 3.05. The van der Waals surface area contributed by atoms with Crippen molar-refractivity contribution >= 4 is 0 Å². The number of methoxy groups -OCH3 is 1. The van der Waals surface area contributed by atoms with Crippen LogP contribution in [0.25, 0.3) is 11.5 Å². The normalized spacial score (nSPS) is 20.9. The fraction of sp³-hybridized carbons (Fsp3) is 0.462. The van der Waals surface area contributed by atoms with Gasteiger partial charge in [0.15, 0.2) is 12.6 Å². The van der Waals surface area contributed by atoms with Gasteiger partial charge in [-0.2, -0.15) is 0 Å². The van der Waals surface area contributed by atoms with Gasteiger partial charge in [0.1, 0.15) is 11.8 Å². The van der Waals surface area contributed by atoms with Crippen LogP contribution in [0.5, 0.6) is 11.8 Å². The highest BCUT2D eigenvalue weighted by atomic mass is 16.7. The first-order valence-corrected chi connectivity index (χ1v) is 6.50. The Morgan fingerprint density at radius 2 is 2.14 bits per heavy atom. The summed E-state index contributed by atoms with van der Waals surface area (Å²) in [5.74, 6) is 1.18. The lowest BCUT2D eigenvalue weighted by Gasteiger charge is -2.30. The SMILES string of the molecule is COCOc1cc(-c2cnc(O[C@H]3C[C@H](O)C3)cn2)on1. The summed E-state index contributed by atoms with van der Waals surface area (Å²) in [6.45, 7) is 0.0949. The van der Waals surface area contributed by atoms with E-state index in [-0.39, 0.29) is 19.0 Å². The molecule has 0 saturated heterocycles. The largest absolute Gasteiger partial charge is 0.473 e. The quantitative estimate of drug-likeness (QED) is 0.788. The van der Waals surface area contributed by atoms with Gasteiger partial charge >= 0.3 is 0 Å². The molecule has 2 heterocycles. The Morgan fingerprint density at radius 1 is 1.29 bits per heavy atom. The molecule has 0 unspecified atom stereocenters. The van der Waals surface area contributed by atoms with Crippen LogP contribution in [0, 0.1) is 0 Å². The van der Waals surface area contributed by atoms with Crippen molar-refractivity contribution in [2.24, 2.45) is 0 Å². The second kappa shape index (κ2) is 6.06. The van der Waals surface area contributed by atoms with Gasteiger partial charge in [0.05, 0.1) is 24.6 Å². The first-order chi connectivity index (χ1) is 10.2. The van der Waals surface area contributed by atoms with Gasteiger partial charge < -0.3 is 23.8 Å². The minimum absolute atomic E-state index is 0.0134. The van der Waals surface area contributed by atoms with Gasteiger partial charge in [0, 0.05) is 20.0 Å². The van der Waals surface area contributed by atoms with Crippen molar-refractivity contribution in [3.8, 4) is 23.2 Å². The summed E-state index contributed by atoms with van der Waals surface area (Å²) in [6, 6.07) is 1.60. The van der Waals surface area contributed by atoms with Gasteiger partial charge in [-0.15, -0.1) is 0 Å². The van der Waals surface area contributed by atoms with Crippen LogP contribution >= 0.6 is 0 Å². The number of rotatable bonds is 6. The van der Waals surface area contributed by atoms with E-state index >= 15 is 0 Å². The number of nitrogens with zero attached hydrogens (tertiary/aromatic N) is 3. The molecule has 0 amide bonds. The Labute approximate surface area is 120 Å². The lowest BCUT2D eigenvalue weighted by atomic mass is 9.92. The van der Waals surface area contributed by atoms with Gasteiger partial charge in [-0.3, -0.25) is 0 Å². The third kappa shape index (κ3) is 3.29. The fourth-order valence-electron chi connectivity index (χ4n) is 1.88. The summed E-state index contributed by atoms with van der Waals surface area (Å²) >= 11 is 0. The molecule has 1 N–H and O–H groups in total. The summed E-state index contributed by atoms with van der Waals surface area (Å²) in [5, 5.41) is 12.9. The fourth-order valence-corrected chi connectivity index (χ4v) is 1.88. The lowest BCUT2D eigenvalue weighted by molar-refractivity contribution is -0.0130. The molecule has 0 radical (unpaired) electrons. The molecule has 8 heteroatoms. The number of hydrogen-bond donors (Lipinski definition) is 1. The van der Waals surface area contributed by atoms with Crippen molar-refractivity contribution < 1.29 is 23.8 Å². The summed E-state index contributed by atoms with van der Waals surface area (Å²) in [6.07, 6.45) is 4.06. The van der Waals surface area contributed by atoms with Gasteiger partial charge in [-0.05, 0) is 5.16 Å². The Kier molecular flexibility index (Phi) is 3.98. The lowest BCUT2D eigenvalue weighted by Crippen LogP contribution is -2.37. The van der Waals surface area contributed by atoms with Crippen molar-refractivity contribution in [3.63, 3.8) is 0 Å². The maximum Gasteiger partial charge on any atom is 0.256 e. The molecule has 0 atom stereocenters. The predicted octanol–water partition coefficient (Wildman–Crippen LogP) is 1.02. The van der Waals surface area contributed by atoms with Crippen molar-refractivity contribution in [2.45, 2.75) is 25.0 Å². The highest BCUT2D eigenvalue weighted by Gasteiger charge is 2.29. The number of hydrogen-bond acceptors (Lipinski definition) is 8. The summed E-state index contributed by atoms with van der Waals surface area (Å²) in [5.41, 5.74) is 0.524. The number of aliphatic hydroxyl groups excluding tert-OH is 1. The van der Waals surface area contributed by atoms with E-state index in [4.69, 9.17) is 18.7 Å². The van der Waals surface area contributed by atoms with Crippen LogP contribution in [-0.2, 0) is 4.74 Å². The summed E-state index contributed by atoms with van der Waals surface area (Å²) in [4.78, 5) is 8.36. The second-order valence-electron chi connectivity index (χ2n) is 4.69. The van der Waals surface area contributed by atoms with Crippen LogP contribution < -0.4 is 9.47 Å². The topological polar surface area (TPSA) is 99.7 Å². The molecule has 2 aromatic heterocycles. The van der Waals surface area contributed by atoms with Crippen molar-refractivity contribution in [1.82, 2.24) is 15.1 Å². The van der Waals surface area contributed by atoms with E-state index < -0.39 is 0 Å². The molecule has 0 spiro atoms. The zero-order valence-corrected chi connectivity index (χ0v) is 11.4. The maximum absolute atomic E-state index is 9.20. The first-order valence-electron chi connectivity index (χ1n) is 6.50. The molecule has 1 fully saturated rings. The Hall–Kier alpha value is -2.19. The Morgan fingerprint density at radius 3 is 2.81 bits per heavy atom. The zero-order chi connectivity index (χ0) is 14.7. The Balaban J connectivity index is 1.62. The predicted molar refractivity (Wildman–Crippen MR) is 69.7 cm³/mol. The second-order valence-corrected chi connectivity index (χ2v) is 4.69. The standard InChI is InChI=1S/C13H15N3O5/c1-18-7-19-12-4-11(21-16-12)10-5-15-13(6-14-10)20-9-2-8(17)3-9/h4-6,8-9,17H,2-3,7H2,1H3/t8-,9-. The van der Waals surface area contributed by atoms with E-state index in [2.05, 4.69) is 15.1 Å².